The monoisotopic (exact) mass is 721 g/mol. The van der Waals surface area contributed by atoms with Gasteiger partial charge in [0.2, 0.25) is 23.6 Å². The first-order chi connectivity index (χ1) is 25.7. The molecule has 4 amide bonds. The first-order valence-electron chi connectivity index (χ1n) is 17.7. The lowest BCUT2D eigenvalue weighted by Gasteiger charge is -2.28. The lowest BCUT2D eigenvalue weighted by molar-refractivity contribution is -0.142. The van der Waals surface area contributed by atoms with Crippen LogP contribution in [0.2, 0.25) is 0 Å². The molecule has 0 saturated carbocycles. The highest BCUT2D eigenvalue weighted by atomic mass is 16.2. The van der Waals surface area contributed by atoms with Crippen molar-refractivity contribution < 1.29 is 24.0 Å². The molecule has 0 saturated heterocycles. The topological polar surface area (TPSA) is 190 Å². The highest BCUT2D eigenvalue weighted by Gasteiger charge is 2.24. The van der Waals surface area contributed by atoms with Crippen LogP contribution in [0, 0.1) is 0 Å². The Labute approximate surface area is 308 Å². The number of nitrogens with one attached hydrogen (secondary N) is 4. The second-order valence-electron chi connectivity index (χ2n) is 12.9. The molecule has 0 aliphatic rings. The van der Waals surface area contributed by atoms with E-state index in [1.165, 1.54) is 21.6 Å². The molecule has 14 nitrogen and oxygen atoms in total. The molecule has 0 spiro atoms. The Morgan fingerprint density at radius 1 is 0.698 bits per heavy atom. The van der Waals surface area contributed by atoms with Crippen LogP contribution in [0.15, 0.2) is 85.5 Å². The number of ketones is 1. The van der Waals surface area contributed by atoms with Gasteiger partial charge in [0, 0.05) is 66.2 Å². The number of aromatic nitrogens is 3. The number of rotatable bonds is 20. The summed E-state index contributed by atoms with van der Waals surface area (Å²) in [6.07, 6.45) is 8.49. The number of Topliss-reactive ketones (excluding diaryl/α,β-unsaturated/α-hetero) is 1. The molecule has 0 fully saturated rings. The van der Waals surface area contributed by atoms with Gasteiger partial charge in [-0.3, -0.25) is 29.0 Å². The Hall–Kier alpha value is -6.02. The van der Waals surface area contributed by atoms with Gasteiger partial charge in [0.25, 0.3) is 0 Å². The summed E-state index contributed by atoms with van der Waals surface area (Å²) in [5, 5.41) is 7.77. The van der Waals surface area contributed by atoms with Crippen molar-refractivity contribution >= 4 is 56.9 Å². The van der Waals surface area contributed by atoms with E-state index in [9.17, 15) is 24.0 Å². The van der Waals surface area contributed by atoms with Crippen molar-refractivity contribution in [2.75, 3.05) is 64.2 Å². The summed E-state index contributed by atoms with van der Waals surface area (Å²) >= 11 is 0. The fourth-order valence-electron chi connectivity index (χ4n) is 6.15. The van der Waals surface area contributed by atoms with Gasteiger partial charge in [0.15, 0.2) is 0 Å². The van der Waals surface area contributed by atoms with Gasteiger partial charge in [-0.15, -0.1) is 0 Å². The van der Waals surface area contributed by atoms with E-state index in [0.29, 0.717) is 31.5 Å². The molecule has 3 heterocycles. The Balaban J connectivity index is 1.20. The number of para-hydroxylation sites is 2. The standard InChI is InChI=1S/C39H47N9O5/c1-28(49)25-47(18-13-29-20-43-34-11-4-2-9-32(29)34)38(52)24-45-36(50)26-46(17-7-15-40)39(53)27-48(37(51)23-42-31-8-6-16-41-22-31)19-14-30-21-44-35-12-5-3-10-33(30)35/h2-6,8-12,16,20-22,42-44H,7,13-15,17-19,23-27,40H2,1H3,(H,45,50). The summed E-state index contributed by atoms with van der Waals surface area (Å²) in [5.41, 5.74) is 10.4. The normalized spacial score (nSPS) is 11.0. The summed E-state index contributed by atoms with van der Waals surface area (Å²) < 4.78 is 0. The van der Waals surface area contributed by atoms with E-state index in [0.717, 1.165) is 32.9 Å². The summed E-state index contributed by atoms with van der Waals surface area (Å²) in [6, 6.07) is 19.3. The summed E-state index contributed by atoms with van der Waals surface area (Å²) in [5.74, 6) is -1.86. The molecule has 5 rings (SSSR count). The van der Waals surface area contributed by atoms with Gasteiger partial charge in [0.05, 0.1) is 38.4 Å². The van der Waals surface area contributed by atoms with Gasteiger partial charge >= 0.3 is 0 Å². The number of carbonyl (C=O) groups is 5. The number of benzene rings is 2. The van der Waals surface area contributed by atoms with Crippen LogP contribution in [0.5, 0.6) is 0 Å². The van der Waals surface area contributed by atoms with Crippen LogP contribution in [0.25, 0.3) is 21.8 Å². The number of anilines is 1. The Bertz CT molecular complexity index is 2010. The number of amides is 4. The number of fused-ring (bicyclic) bond motifs is 2. The molecule has 5 aromatic rings. The third-order valence-corrected chi connectivity index (χ3v) is 8.96. The highest BCUT2D eigenvalue weighted by Crippen LogP contribution is 2.20. The van der Waals surface area contributed by atoms with Crippen molar-refractivity contribution in [2.24, 2.45) is 5.73 Å². The van der Waals surface area contributed by atoms with Gasteiger partial charge in [-0.25, -0.2) is 0 Å². The zero-order valence-corrected chi connectivity index (χ0v) is 30.0. The molecule has 6 N–H and O–H groups in total. The molecule has 0 aliphatic carbocycles. The van der Waals surface area contributed by atoms with E-state index in [1.807, 2.05) is 60.9 Å². The molecule has 3 aromatic heterocycles. The smallest absolute Gasteiger partial charge is 0.242 e. The van der Waals surface area contributed by atoms with Crippen LogP contribution in [0.1, 0.15) is 24.5 Å². The number of pyridine rings is 1. The number of H-pyrrole nitrogens is 2. The zero-order valence-electron chi connectivity index (χ0n) is 30.0. The molecular formula is C39H47N9O5. The van der Waals surface area contributed by atoms with Crippen LogP contribution in [-0.2, 0) is 36.8 Å². The van der Waals surface area contributed by atoms with Crippen molar-refractivity contribution in [3.63, 3.8) is 0 Å². The van der Waals surface area contributed by atoms with Gasteiger partial charge in [0.1, 0.15) is 5.78 Å². The zero-order chi connectivity index (χ0) is 37.6. The van der Waals surface area contributed by atoms with Crippen LogP contribution in [-0.4, -0.2) is 118 Å². The first kappa shape index (κ1) is 38.2. The van der Waals surface area contributed by atoms with E-state index in [1.54, 1.807) is 24.5 Å². The molecule has 2 aromatic carbocycles. The second kappa shape index (κ2) is 19.0. The number of aromatic amines is 2. The van der Waals surface area contributed by atoms with E-state index in [2.05, 4.69) is 25.6 Å². The maximum atomic E-state index is 13.8. The minimum atomic E-state index is -0.543. The van der Waals surface area contributed by atoms with Crippen LogP contribution in [0.3, 0.4) is 0 Å². The van der Waals surface area contributed by atoms with E-state index in [-0.39, 0.29) is 64.0 Å². The maximum Gasteiger partial charge on any atom is 0.242 e. The predicted molar refractivity (Wildman–Crippen MR) is 204 cm³/mol. The highest BCUT2D eigenvalue weighted by molar-refractivity contribution is 5.92. The van der Waals surface area contributed by atoms with Crippen molar-refractivity contribution in [1.29, 1.82) is 0 Å². The minimum absolute atomic E-state index is 0.0602. The Morgan fingerprint density at radius 2 is 1.28 bits per heavy atom. The SMILES string of the molecule is CC(=O)CN(CCc1c[nH]c2ccccc12)C(=O)CNC(=O)CN(CCCN)C(=O)CN(CCc1c[nH]c2ccccc12)C(=O)CNc1cccnc1. The van der Waals surface area contributed by atoms with Crippen molar-refractivity contribution in [2.45, 2.75) is 26.2 Å². The maximum absolute atomic E-state index is 13.8. The van der Waals surface area contributed by atoms with Crippen LogP contribution >= 0.6 is 0 Å². The van der Waals surface area contributed by atoms with Gasteiger partial charge in [-0.2, -0.15) is 0 Å². The average Bonchev–Trinajstić information content (AvgIpc) is 3.78. The molecule has 0 bridgehead atoms. The number of carbonyl (C=O) groups excluding carboxylic acids is 5. The van der Waals surface area contributed by atoms with E-state index in [4.69, 9.17) is 5.73 Å². The van der Waals surface area contributed by atoms with Crippen molar-refractivity contribution in [3.05, 3.63) is 96.6 Å². The van der Waals surface area contributed by atoms with Gasteiger partial charge in [-0.1, -0.05) is 36.4 Å². The third-order valence-electron chi connectivity index (χ3n) is 8.96. The first-order valence-corrected chi connectivity index (χ1v) is 17.7. The van der Waals surface area contributed by atoms with Crippen LogP contribution < -0.4 is 16.4 Å². The lowest BCUT2D eigenvalue weighted by atomic mass is 10.1. The largest absolute Gasteiger partial charge is 0.375 e. The quantitative estimate of drug-likeness (QED) is 0.0810. The molecule has 53 heavy (non-hydrogen) atoms. The fourth-order valence-corrected chi connectivity index (χ4v) is 6.15. The van der Waals surface area contributed by atoms with E-state index < -0.39 is 17.7 Å². The van der Waals surface area contributed by atoms with Crippen molar-refractivity contribution in [3.8, 4) is 0 Å². The predicted octanol–water partition coefficient (Wildman–Crippen LogP) is 2.48. The summed E-state index contributed by atoms with van der Waals surface area (Å²) in [7, 11) is 0. The summed E-state index contributed by atoms with van der Waals surface area (Å²) in [6.45, 7) is 1.37. The third kappa shape index (κ3) is 11.0. The number of nitrogens with zero attached hydrogens (tertiary/aromatic N) is 4. The fraction of sp³-hybridized carbons (Fsp3) is 0.333. The molecule has 0 aliphatic heterocycles. The molecule has 278 valence electrons. The second-order valence-corrected chi connectivity index (χ2v) is 12.9. The molecule has 0 atom stereocenters. The lowest BCUT2D eigenvalue weighted by Crippen LogP contribution is -2.49. The Kier molecular flexibility index (Phi) is 13.7. The number of hydrogen-bond acceptors (Lipinski definition) is 8. The number of hydrogen-bond donors (Lipinski definition) is 5. The molecule has 0 radical (unpaired) electrons. The van der Waals surface area contributed by atoms with E-state index >= 15 is 0 Å². The van der Waals surface area contributed by atoms with Gasteiger partial charge in [-0.05, 0) is 68.1 Å². The number of nitrogens with two attached hydrogens (primary N) is 1. The van der Waals surface area contributed by atoms with Crippen LogP contribution in [0.4, 0.5) is 5.69 Å². The minimum Gasteiger partial charge on any atom is -0.375 e. The molecule has 0 unspecified atom stereocenters. The average molecular weight is 722 g/mol. The summed E-state index contributed by atoms with van der Waals surface area (Å²) in [4.78, 5) is 80.6. The van der Waals surface area contributed by atoms with Gasteiger partial charge < -0.3 is 41.0 Å². The molecular weight excluding hydrogens is 674 g/mol. The van der Waals surface area contributed by atoms with Crippen molar-refractivity contribution in [1.82, 2.24) is 35.0 Å². The molecule has 14 heteroatoms. The Morgan fingerprint density at radius 3 is 1.87 bits per heavy atom.